The van der Waals surface area contributed by atoms with Crippen LogP contribution < -0.4 is 14.8 Å². The van der Waals surface area contributed by atoms with Crippen molar-refractivity contribution in [3.8, 4) is 11.5 Å². The minimum absolute atomic E-state index is 0.0777. The van der Waals surface area contributed by atoms with Crippen LogP contribution in [0.2, 0.25) is 0 Å². The van der Waals surface area contributed by atoms with Crippen molar-refractivity contribution in [2.24, 2.45) is 10.2 Å². The van der Waals surface area contributed by atoms with Gasteiger partial charge in [0.25, 0.3) is 0 Å². The van der Waals surface area contributed by atoms with Crippen molar-refractivity contribution >= 4 is 23.5 Å². The monoisotopic (exact) mass is 411 g/mol. The van der Waals surface area contributed by atoms with E-state index >= 15 is 0 Å². The largest absolute Gasteiger partial charge is 0.493 e. The zero-order valence-electron chi connectivity index (χ0n) is 15.5. The number of azo groups is 1. The lowest BCUT2D eigenvalue weighted by Crippen LogP contribution is -2.29. The lowest BCUT2D eigenvalue weighted by atomic mass is 10.2. The molecule has 1 aromatic carbocycles. The van der Waals surface area contributed by atoms with Crippen LogP contribution in [0.3, 0.4) is 0 Å². The molecule has 1 aromatic rings. The third-order valence-electron chi connectivity index (χ3n) is 4.82. The molecule has 5 unspecified atom stereocenters. The highest BCUT2D eigenvalue weighted by atomic mass is 32.2. The molecule has 2 saturated heterocycles. The third-order valence-corrected chi connectivity index (χ3v) is 7.24. The molecule has 0 radical (unpaired) electrons. The molecular weight excluding hydrogens is 386 g/mol. The summed E-state index contributed by atoms with van der Waals surface area (Å²) in [5.74, 6) is 3.49. The highest BCUT2D eigenvalue weighted by Gasteiger charge is 2.34. The second kappa shape index (κ2) is 9.00. The van der Waals surface area contributed by atoms with Crippen LogP contribution in [0.15, 0.2) is 28.4 Å². The van der Waals surface area contributed by atoms with E-state index < -0.39 is 0 Å². The number of hydrogen-bond donors (Lipinski definition) is 1. The molecule has 3 aliphatic rings. The van der Waals surface area contributed by atoms with E-state index in [9.17, 15) is 0 Å². The molecule has 0 bridgehead atoms. The molecule has 4 rings (SSSR count). The quantitative estimate of drug-likeness (QED) is 0.737. The third kappa shape index (κ3) is 4.54. The van der Waals surface area contributed by atoms with Crippen molar-refractivity contribution in [3.63, 3.8) is 0 Å². The maximum Gasteiger partial charge on any atom is 0.218 e. The topological polar surface area (TPSA) is 73.7 Å². The first-order valence-corrected chi connectivity index (χ1v) is 11.2. The van der Waals surface area contributed by atoms with Gasteiger partial charge < -0.3 is 18.9 Å². The summed E-state index contributed by atoms with van der Waals surface area (Å²) in [4.78, 5) is 0. The fourth-order valence-corrected chi connectivity index (χ4v) is 5.72. The number of nitrogens with one attached hydrogen (secondary N) is 1. The van der Waals surface area contributed by atoms with Gasteiger partial charge in [-0.05, 0) is 30.5 Å². The van der Waals surface area contributed by atoms with Gasteiger partial charge in [-0.15, -0.1) is 28.6 Å². The lowest BCUT2D eigenvalue weighted by molar-refractivity contribution is -0.0298. The van der Waals surface area contributed by atoms with Gasteiger partial charge in [-0.2, -0.15) is 5.11 Å². The summed E-state index contributed by atoms with van der Waals surface area (Å²) in [5, 5.41) is 12.4. The molecule has 0 aliphatic carbocycles. The molecule has 148 valence electrons. The molecule has 0 amide bonds. The van der Waals surface area contributed by atoms with Crippen molar-refractivity contribution in [1.29, 1.82) is 0 Å². The number of methoxy groups -OCH3 is 2. The van der Waals surface area contributed by atoms with Crippen LogP contribution in [0.5, 0.6) is 11.5 Å². The van der Waals surface area contributed by atoms with E-state index in [1.165, 1.54) is 5.56 Å². The van der Waals surface area contributed by atoms with Crippen molar-refractivity contribution in [2.45, 2.75) is 42.1 Å². The van der Waals surface area contributed by atoms with Gasteiger partial charge in [-0.3, -0.25) is 5.32 Å². The Morgan fingerprint density at radius 2 is 2.15 bits per heavy atom. The standard InChI is InChI=1S/C18H25N3O4S2/c1-22-13-6-5-11(8-15(13)23-2)17-19-12(9-26-17)10-27-18-21-20-16(25-18)14-4-3-7-24-14/h5-6,8,12,14,16-19H,3-4,7,9-10H2,1-2H3. The Bertz CT molecular complexity index is 672. The van der Waals surface area contributed by atoms with Gasteiger partial charge in [0.15, 0.2) is 17.7 Å². The van der Waals surface area contributed by atoms with E-state index in [1.54, 1.807) is 26.0 Å². The van der Waals surface area contributed by atoms with Crippen LogP contribution in [0.4, 0.5) is 0 Å². The Balaban J connectivity index is 1.25. The Labute approximate surface area is 167 Å². The van der Waals surface area contributed by atoms with Crippen molar-refractivity contribution < 1.29 is 18.9 Å². The number of thioether (sulfide) groups is 2. The lowest BCUT2D eigenvalue weighted by Gasteiger charge is -2.17. The van der Waals surface area contributed by atoms with Crippen molar-refractivity contribution in [2.75, 3.05) is 32.3 Å². The van der Waals surface area contributed by atoms with Crippen LogP contribution in [0.1, 0.15) is 23.8 Å². The zero-order chi connectivity index (χ0) is 18.6. The average molecular weight is 412 g/mol. The second-order valence-electron chi connectivity index (χ2n) is 6.64. The van der Waals surface area contributed by atoms with Crippen LogP contribution in [0.25, 0.3) is 0 Å². The van der Waals surface area contributed by atoms with E-state index in [1.807, 2.05) is 23.9 Å². The van der Waals surface area contributed by atoms with E-state index in [0.29, 0.717) is 6.04 Å². The van der Waals surface area contributed by atoms with Gasteiger partial charge in [-0.1, -0.05) is 6.07 Å². The summed E-state index contributed by atoms with van der Waals surface area (Å²) >= 11 is 3.60. The Morgan fingerprint density at radius 1 is 1.26 bits per heavy atom. The molecule has 3 aliphatic heterocycles. The maximum atomic E-state index is 5.91. The highest BCUT2D eigenvalue weighted by molar-refractivity contribution is 8.00. The van der Waals surface area contributed by atoms with Crippen LogP contribution in [0, 0.1) is 0 Å². The average Bonchev–Trinajstić information content (AvgIpc) is 3.46. The van der Waals surface area contributed by atoms with Gasteiger partial charge in [0.2, 0.25) is 5.56 Å². The Morgan fingerprint density at radius 3 is 2.93 bits per heavy atom. The molecule has 0 aromatic heterocycles. The SMILES string of the molecule is COc1ccc(C2NC(CSC3N=NC(C4CCCO4)O3)CS2)cc1OC. The first kappa shape index (κ1) is 19.3. The van der Waals surface area contributed by atoms with Gasteiger partial charge in [0, 0.05) is 24.2 Å². The predicted molar refractivity (Wildman–Crippen MR) is 107 cm³/mol. The van der Waals surface area contributed by atoms with Crippen LogP contribution in [-0.4, -0.2) is 56.3 Å². The molecule has 3 heterocycles. The fraction of sp³-hybridized carbons (Fsp3) is 0.667. The highest BCUT2D eigenvalue weighted by Crippen LogP contribution is 2.38. The normalized spacial score (nSPS) is 32.9. The molecule has 1 N–H and O–H groups in total. The number of nitrogens with zero attached hydrogens (tertiary/aromatic N) is 2. The second-order valence-corrected chi connectivity index (χ2v) is 8.85. The van der Waals surface area contributed by atoms with E-state index in [-0.39, 0.29) is 23.3 Å². The molecule has 27 heavy (non-hydrogen) atoms. The van der Waals surface area contributed by atoms with E-state index in [4.69, 9.17) is 18.9 Å². The van der Waals surface area contributed by atoms with Gasteiger partial charge in [0.05, 0.1) is 19.6 Å². The van der Waals surface area contributed by atoms with Crippen LogP contribution in [-0.2, 0) is 9.47 Å². The van der Waals surface area contributed by atoms with Gasteiger partial charge in [-0.25, -0.2) is 0 Å². The summed E-state index contributed by atoms with van der Waals surface area (Å²) in [5.41, 5.74) is 0.978. The molecule has 5 atom stereocenters. The molecular formula is C18H25N3O4S2. The summed E-state index contributed by atoms with van der Waals surface area (Å²) in [6.07, 6.45) is 1.94. The smallest absolute Gasteiger partial charge is 0.218 e. The first-order valence-electron chi connectivity index (χ1n) is 9.15. The summed E-state index contributed by atoms with van der Waals surface area (Å²) in [6, 6.07) is 6.48. The first-order chi connectivity index (χ1) is 13.3. The number of ether oxygens (including phenoxy) is 4. The van der Waals surface area contributed by atoms with Crippen molar-refractivity contribution in [1.82, 2.24) is 5.32 Å². The Kier molecular flexibility index (Phi) is 6.44. The molecule has 0 spiro atoms. The van der Waals surface area contributed by atoms with E-state index in [2.05, 4.69) is 21.6 Å². The minimum Gasteiger partial charge on any atom is -0.493 e. The summed E-state index contributed by atoms with van der Waals surface area (Å²) in [7, 11) is 3.31. The summed E-state index contributed by atoms with van der Waals surface area (Å²) < 4.78 is 22.3. The molecule has 2 fully saturated rings. The van der Waals surface area contributed by atoms with Crippen molar-refractivity contribution in [3.05, 3.63) is 23.8 Å². The van der Waals surface area contributed by atoms with E-state index in [0.717, 1.165) is 42.5 Å². The van der Waals surface area contributed by atoms with Gasteiger partial charge in [0.1, 0.15) is 6.10 Å². The fourth-order valence-electron chi connectivity index (χ4n) is 3.38. The molecule has 0 saturated carbocycles. The number of rotatable bonds is 7. The van der Waals surface area contributed by atoms with Crippen LogP contribution >= 0.6 is 23.5 Å². The minimum atomic E-state index is -0.226. The molecule has 9 heteroatoms. The zero-order valence-corrected chi connectivity index (χ0v) is 17.1. The molecule has 7 nitrogen and oxygen atoms in total. The Hall–Kier alpha value is -1.00. The summed E-state index contributed by atoms with van der Waals surface area (Å²) in [6.45, 7) is 0.804. The predicted octanol–water partition coefficient (Wildman–Crippen LogP) is 3.41. The maximum absolute atomic E-state index is 5.91. The number of hydrogen-bond acceptors (Lipinski definition) is 9. The van der Waals surface area contributed by atoms with Gasteiger partial charge >= 0.3 is 0 Å². The number of benzene rings is 1.